The minimum atomic E-state index is -0.0272. The number of nitrogens with zero attached hydrogens (tertiary/aromatic N) is 5. The topological polar surface area (TPSA) is 160 Å². The molecule has 0 saturated carbocycles. The van der Waals surface area contributed by atoms with Gasteiger partial charge < -0.3 is 21.1 Å². The van der Waals surface area contributed by atoms with Crippen LogP contribution in [-0.4, -0.2) is 70.3 Å². The lowest BCUT2D eigenvalue weighted by molar-refractivity contribution is -0.0790. The van der Waals surface area contributed by atoms with Crippen LogP contribution in [0, 0.1) is 0 Å². The highest BCUT2D eigenvalue weighted by molar-refractivity contribution is 6.30. The number of hydrogen-bond acceptors (Lipinski definition) is 9. The second-order valence-electron chi connectivity index (χ2n) is 8.32. The van der Waals surface area contributed by atoms with Crippen molar-refractivity contribution in [3.05, 3.63) is 34.9 Å². The van der Waals surface area contributed by atoms with Gasteiger partial charge in [0.2, 0.25) is 11.9 Å². The van der Waals surface area contributed by atoms with E-state index in [9.17, 15) is 0 Å². The Kier molecular flexibility index (Phi) is 7.30. The van der Waals surface area contributed by atoms with E-state index in [4.69, 9.17) is 33.6 Å². The van der Waals surface area contributed by atoms with Crippen LogP contribution in [0.5, 0.6) is 0 Å². The van der Waals surface area contributed by atoms with Crippen molar-refractivity contribution < 1.29 is 4.74 Å². The normalized spacial score (nSPS) is 23.4. The molecule has 2 saturated heterocycles. The summed E-state index contributed by atoms with van der Waals surface area (Å²) in [6.45, 7) is 3.19. The fourth-order valence-electron chi connectivity index (χ4n) is 4.60. The third-order valence-corrected chi connectivity index (χ3v) is 6.41. The van der Waals surface area contributed by atoms with E-state index in [0.717, 1.165) is 49.9 Å². The Hall–Kier alpha value is -2.60. The number of anilines is 2. The maximum absolute atomic E-state index is 6.17. The van der Waals surface area contributed by atoms with Gasteiger partial charge in [0.25, 0.3) is 0 Å². The Morgan fingerprint density at radius 3 is 2.66 bits per heavy atom. The van der Waals surface area contributed by atoms with Crippen molar-refractivity contribution in [1.82, 2.24) is 25.6 Å². The zero-order chi connectivity index (χ0) is 22.5. The van der Waals surface area contributed by atoms with Crippen LogP contribution in [-0.2, 0) is 11.2 Å². The van der Waals surface area contributed by atoms with Crippen LogP contribution in [0.4, 0.5) is 11.9 Å². The number of hydrogen-bond donors (Lipinski definition) is 5. The molecule has 0 spiro atoms. The molecule has 8 N–H and O–H groups in total. The molecule has 1 aromatic carbocycles. The first-order valence-electron chi connectivity index (χ1n) is 10.8. The number of piperidine rings is 1. The molecule has 1 aromatic heterocycles. The number of morpholine rings is 1. The summed E-state index contributed by atoms with van der Waals surface area (Å²) in [7, 11) is 0. The largest absolute Gasteiger partial charge is 0.386 e. The van der Waals surface area contributed by atoms with Crippen molar-refractivity contribution in [3.63, 3.8) is 0 Å². The van der Waals surface area contributed by atoms with Crippen molar-refractivity contribution in [2.45, 2.75) is 43.9 Å². The standard InChI is InChI=1S/C20H31ClN10O/c21-14-3-1-13(2-4-14)9-16-12-32-17(10-18(22)26-29-24)11-31(16)15-5-7-30(8-6-15)20-25-19(23)27-28-20/h1-4,15-17,29H,5-12,24H2,(H2,22,26)(H3,23,25,27,28). The third kappa shape index (κ3) is 5.60. The van der Waals surface area contributed by atoms with Gasteiger partial charge in [-0.1, -0.05) is 23.7 Å². The smallest absolute Gasteiger partial charge is 0.226 e. The zero-order valence-electron chi connectivity index (χ0n) is 18.0. The summed E-state index contributed by atoms with van der Waals surface area (Å²) >= 11 is 6.07. The Morgan fingerprint density at radius 2 is 2.00 bits per heavy atom. The lowest BCUT2D eigenvalue weighted by atomic mass is 9.96. The van der Waals surface area contributed by atoms with Crippen LogP contribution in [0.3, 0.4) is 0 Å². The van der Waals surface area contributed by atoms with E-state index in [-0.39, 0.29) is 12.1 Å². The molecule has 2 aliphatic rings. The number of hydrazone groups is 1. The maximum atomic E-state index is 6.17. The summed E-state index contributed by atoms with van der Waals surface area (Å²) in [6.07, 6.45) is 3.43. The number of aromatic amines is 1. The van der Waals surface area contributed by atoms with Gasteiger partial charge in [0.15, 0.2) is 0 Å². The third-order valence-electron chi connectivity index (χ3n) is 6.16. The zero-order valence-corrected chi connectivity index (χ0v) is 18.7. The predicted octanol–water partition coefficient (Wildman–Crippen LogP) is 0.447. The van der Waals surface area contributed by atoms with E-state index in [1.54, 1.807) is 0 Å². The molecule has 174 valence electrons. The molecule has 12 heteroatoms. The first-order chi connectivity index (χ1) is 15.5. The Balaban J connectivity index is 1.44. The summed E-state index contributed by atoms with van der Waals surface area (Å²) < 4.78 is 6.17. The molecular formula is C20H31ClN10O. The number of aromatic nitrogens is 3. The van der Waals surface area contributed by atoms with Crippen molar-refractivity contribution >= 4 is 29.3 Å². The Bertz CT molecular complexity index is 896. The summed E-state index contributed by atoms with van der Waals surface area (Å²) in [4.78, 5) is 7.80. The number of nitrogens with one attached hydrogen (secondary N) is 2. The van der Waals surface area contributed by atoms with Crippen LogP contribution in [0.2, 0.25) is 5.02 Å². The average molecular weight is 463 g/mol. The molecule has 11 nitrogen and oxygen atoms in total. The van der Waals surface area contributed by atoms with Crippen molar-refractivity contribution in [2.75, 3.05) is 36.9 Å². The van der Waals surface area contributed by atoms with Crippen LogP contribution >= 0.6 is 11.6 Å². The second kappa shape index (κ2) is 10.3. The van der Waals surface area contributed by atoms with Crippen molar-refractivity contribution in [2.24, 2.45) is 16.7 Å². The Morgan fingerprint density at radius 1 is 1.25 bits per heavy atom. The van der Waals surface area contributed by atoms with Gasteiger partial charge in [0.05, 0.1) is 12.7 Å². The minimum Gasteiger partial charge on any atom is -0.386 e. The summed E-state index contributed by atoms with van der Waals surface area (Å²) in [5, 5.41) is 12.6. The number of halogens is 1. The van der Waals surface area contributed by atoms with Gasteiger partial charge in [-0.25, -0.2) is 11.4 Å². The average Bonchev–Trinajstić information content (AvgIpc) is 3.23. The fraction of sp³-hybridized carbons (Fsp3) is 0.550. The summed E-state index contributed by atoms with van der Waals surface area (Å²) in [6, 6.07) is 8.75. The quantitative estimate of drug-likeness (QED) is 0.170. The number of benzene rings is 1. The summed E-state index contributed by atoms with van der Waals surface area (Å²) in [5.41, 5.74) is 15.1. The van der Waals surface area contributed by atoms with Gasteiger partial charge in [0, 0.05) is 43.2 Å². The highest BCUT2D eigenvalue weighted by atomic mass is 35.5. The van der Waals surface area contributed by atoms with E-state index in [0.29, 0.717) is 30.9 Å². The molecule has 0 radical (unpaired) electrons. The molecule has 0 bridgehead atoms. The lowest BCUT2D eigenvalue weighted by Gasteiger charge is -2.46. The van der Waals surface area contributed by atoms with Crippen LogP contribution in [0.15, 0.2) is 29.4 Å². The second-order valence-corrected chi connectivity index (χ2v) is 8.76. The molecule has 3 heterocycles. The first kappa shape index (κ1) is 22.6. The minimum absolute atomic E-state index is 0.0272. The Labute approximate surface area is 192 Å². The number of rotatable bonds is 7. The number of hydrazine groups is 1. The van der Waals surface area contributed by atoms with Gasteiger partial charge in [-0.05, 0) is 37.0 Å². The molecule has 4 rings (SSSR count). The highest BCUT2D eigenvalue weighted by Gasteiger charge is 2.36. The number of ether oxygens (including phenoxy) is 1. The maximum Gasteiger partial charge on any atom is 0.226 e. The van der Waals surface area contributed by atoms with E-state index in [2.05, 4.69) is 47.8 Å². The number of H-pyrrole nitrogens is 1. The highest BCUT2D eigenvalue weighted by Crippen LogP contribution is 2.27. The van der Waals surface area contributed by atoms with Crippen LogP contribution < -0.4 is 27.7 Å². The molecule has 0 amide bonds. The molecule has 2 unspecified atom stereocenters. The number of nitrogen functional groups attached to an aromatic ring is 1. The van der Waals surface area contributed by atoms with E-state index in [1.165, 1.54) is 5.56 Å². The molecule has 0 aliphatic carbocycles. The van der Waals surface area contributed by atoms with Gasteiger partial charge >= 0.3 is 0 Å². The van der Waals surface area contributed by atoms with Crippen molar-refractivity contribution in [1.29, 1.82) is 0 Å². The van der Waals surface area contributed by atoms with Gasteiger partial charge in [-0.3, -0.25) is 9.88 Å². The number of nitrogens with two attached hydrogens (primary N) is 3. The van der Waals surface area contributed by atoms with Gasteiger partial charge in [0.1, 0.15) is 5.84 Å². The summed E-state index contributed by atoms with van der Waals surface area (Å²) in [5.74, 6) is 6.77. The molecule has 2 fully saturated rings. The monoisotopic (exact) mass is 462 g/mol. The van der Waals surface area contributed by atoms with E-state index >= 15 is 0 Å². The van der Waals surface area contributed by atoms with Crippen LogP contribution in [0.1, 0.15) is 24.8 Å². The van der Waals surface area contributed by atoms with Gasteiger partial charge in [-0.2, -0.15) is 5.10 Å². The lowest BCUT2D eigenvalue weighted by Crippen LogP contribution is -2.57. The van der Waals surface area contributed by atoms with Crippen molar-refractivity contribution in [3.8, 4) is 0 Å². The molecule has 2 aromatic rings. The number of amidine groups is 1. The van der Waals surface area contributed by atoms with E-state index in [1.807, 2.05) is 12.1 Å². The molecule has 2 aliphatic heterocycles. The first-order valence-corrected chi connectivity index (χ1v) is 11.2. The van der Waals surface area contributed by atoms with Gasteiger partial charge in [-0.15, -0.1) is 10.2 Å². The molecule has 32 heavy (non-hydrogen) atoms. The molecule has 2 atom stereocenters. The van der Waals surface area contributed by atoms with Crippen LogP contribution in [0.25, 0.3) is 0 Å². The SMILES string of the molecule is NN/N=C(\N)CC1CN(C2CCN(c3nnc(N)[nH]3)CC2)C(Cc2ccc(Cl)cc2)CO1. The van der Waals surface area contributed by atoms with E-state index < -0.39 is 0 Å². The fourth-order valence-corrected chi connectivity index (χ4v) is 4.72. The molecular weight excluding hydrogens is 432 g/mol. The predicted molar refractivity (Wildman–Crippen MR) is 125 cm³/mol.